The molecule has 1 heterocycles. The van der Waals surface area contributed by atoms with E-state index in [4.69, 9.17) is 9.47 Å². The Morgan fingerprint density at radius 1 is 1.39 bits per heavy atom. The zero-order valence-corrected chi connectivity index (χ0v) is 11.8. The van der Waals surface area contributed by atoms with Crippen molar-refractivity contribution in [3.05, 3.63) is 17.3 Å². The minimum absolute atomic E-state index is 0.293. The molecule has 1 aromatic rings. The van der Waals surface area contributed by atoms with Crippen LogP contribution in [0.1, 0.15) is 18.1 Å². The molecule has 0 fully saturated rings. The summed E-state index contributed by atoms with van der Waals surface area (Å²) in [7, 11) is 4.82. The summed E-state index contributed by atoms with van der Waals surface area (Å²) in [4.78, 5) is 17.7. The van der Waals surface area contributed by atoms with Crippen molar-refractivity contribution >= 4 is 11.8 Å². The van der Waals surface area contributed by atoms with E-state index in [0.717, 1.165) is 22.7 Å². The van der Waals surface area contributed by atoms with Gasteiger partial charge in [0.15, 0.2) is 0 Å². The van der Waals surface area contributed by atoms with Crippen LogP contribution in [0, 0.1) is 13.8 Å². The molecule has 5 nitrogen and oxygen atoms in total. The third-order valence-electron chi connectivity index (χ3n) is 3.08. The summed E-state index contributed by atoms with van der Waals surface area (Å²) >= 11 is 0. The second-order valence-electron chi connectivity index (χ2n) is 4.23. The van der Waals surface area contributed by atoms with Crippen molar-refractivity contribution in [2.45, 2.75) is 26.8 Å². The first-order chi connectivity index (χ1) is 8.43. The van der Waals surface area contributed by atoms with E-state index < -0.39 is 6.04 Å². The molecular formula is C13H20N2O3. The quantitative estimate of drug-likeness (QED) is 0.763. The zero-order valence-electron chi connectivity index (χ0n) is 11.8. The Morgan fingerprint density at radius 3 is 2.50 bits per heavy atom. The van der Waals surface area contributed by atoms with Gasteiger partial charge in [0.2, 0.25) is 0 Å². The Bertz CT molecular complexity index is 446. The van der Waals surface area contributed by atoms with Crippen LogP contribution < -0.4 is 9.64 Å². The lowest BCUT2D eigenvalue weighted by molar-refractivity contribution is -0.141. The van der Waals surface area contributed by atoms with E-state index in [-0.39, 0.29) is 5.97 Å². The van der Waals surface area contributed by atoms with E-state index in [2.05, 4.69) is 4.98 Å². The Balaban J connectivity index is 3.14. The average molecular weight is 252 g/mol. The molecule has 18 heavy (non-hydrogen) atoms. The monoisotopic (exact) mass is 252 g/mol. The van der Waals surface area contributed by atoms with Crippen molar-refractivity contribution in [2.75, 3.05) is 26.2 Å². The van der Waals surface area contributed by atoms with Gasteiger partial charge in [0, 0.05) is 24.4 Å². The molecule has 1 aromatic heterocycles. The Kier molecular flexibility index (Phi) is 4.53. The number of carbonyl (C=O) groups excluding carboxylic acids is 1. The van der Waals surface area contributed by atoms with Crippen LogP contribution in [0.25, 0.3) is 0 Å². The molecule has 0 bridgehead atoms. The topological polar surface area (TPSA) is 51.7 Å². The van der Waals surface area contributed by atoms with Crippen molar-refractivity contribution in [2.24, 2.45) is 0 Å². The summed E-state index contributed by atoms with van der Waals surface area (Å²) in [5.41, 5.74) is 1.88. The van der Waals surface area contributed by atoms with Crippen LogP contribution in [0.2, 0.25) is 0 Å². The van der Waals surface area contributed by atoms with Gasteiger partial charge in [-0.3, -0.25) is 0 Å². The number of hydrogen-bond donors (Lipinski definition) is 0. The van der Waals surface area contributed by atoms with Gasteiger partial charge < -0.3 is 14.4 Å². The largest absolute Gasteiger partial charge is 0.496 e. The van der Waals surface area contributed by atoms with Crippen molar-refractivity contribution in [3.8, 4) is 5.75 Å². The summed E-state index contributed by atoms with van der Waals surface area (Å²) in [6.45, 7) is 5.64. The van der Waals surface area contributed by atoms with Gasteiger partial charge in [-0.2, -0.15) is 0 Å². The van der Waals surface area contributed by atoms with Crippen LogP contribution in [-0.4, -0.2) is 38.3 Å². The first kappa shape index (κ1) is 14.3. The van der Waals surface area contributed by atoms with Gasteiger partial charge in [0.1, 0.15) is 17.6 Å². The highest BCUT2D eigenvalue weighted by atomic mass is 16.5. The standard InChI is InChI=1S/C13H20N2O3/c1-8-7-14-12(9(2)11(8)17-5)15(4)10(3)13(16)18-6/h7,10H,1-6H3/t10-/m1/s1. The van der Waals surface area contributed by atoms with Gasteiger partial charge >= 0.3 is 5.97 Å². The maximum absolute atomic E-state index is 11.5. The number of hydrogen-bond acceptors (Lipinski definition) is 5. The molecule has 0 aliphatic carbocycles. The number of methoxy groups -OCH3 is 2. The molecule has 0 N–H and O–H groups in total. The normalized spacial score (nSPS) is 11.9. The van der Waals surface area contributed by atoms with Gasteiger partial charge in [0.05, 0.1) is 14.2 Å². The Labute approximate surface area is 108 Å². The zero-order chi connectivity index (χ0) is 13.9. The molecule has 0 spiro atoms. The fraction of sp³-hybridized carbons (Fsp3) is 0.538. The molecule has 1 atom stereocenters. The molecule has 1 rings (SSSR count). The fourth-order valence-corrected chi connectivity index (χ4v) is 1.89. The molecule has 0 aromatic carbocycles. The summed E-state index contributed by atoms with van der Waals surface area (Å²) in [5.74, 6) is 1.22. The lowest BCUT2D eigenvalue weighted by atomic mass is 10.1. The Morgan fingerprint density at radius 2 is 2.00 bits per heavy atom. The molecule has 5 heteroatoms. The number of carbonyl (C=O) groups is 1. The lowest BCUT2D eigenvalue weighted by Gasteiger charge is -2.26. The number of anilines is 1. The van der Waals surface area contributed by atoms with E-state index in [1.807, 2.05) is 20.9 Å². The van der Waals surface area contributed by atoms with Crippen LogP contribution >= 0.6 is 0 Å². The predicted octanol–water partition coefficient (Wildman–Crippen LogP) is 1.70. The number of nitrogens with zero attached hydrogens (tertiary/aromatic N) is 2. The number of likely N-dealkylation sites (N-methyl/N-ethyl adjacent to an activating group) is 1. The van der Waals surface area contributed by atoms with Crippen molar-refractivity contribution in [1.82, 2.24) is 4.98 Å². The second-order valence-corrected chi connectivity index (χ2v) is 4.23. The van der Waals surface area contributed by atoms with Crippen LogP contribution in [0.5, 0.6) is 5.75 Å². The predicted molar refractivity (Wildman–Crippen MR) is 70.1 cm³/mol. The maximum atomic E-state index is 11.5. The molecule has 0 radical (unpaired) electrons. The minimum atomic E-state index is -0.395. The first-order valence-electron chi connectivity index (χ1n) is 5.74. The molecule has 0 saturated carbocycles. The van der Waals surface area contributed by atoms with E-state index in [1.54, 1.807) is 25.1 Å². The van der Waals surface area contributed by atoms with Crippen molar-refractivity contribution in [3.63, 3.8) is 0 Å². The molecule has 0 aliphatic heterocycles. The van der Waals surface area contributed by atoms with Crippen molar-refractivity contribution < 1.29 is 14.3 Å². The van der Waals surface area contributed by atoms with Gasteiger partial charge in [-0.05, 0) is 20.8 Å². The number of pyridine rings is 1. The SMILES string of the molecule is COC(=O)[C@@H](C)N(C)c1ncc(C)c(OC)c1C. The molecule has 100 valence electrons. The third-order valence-corrected chi connectivity index (χ3v) is 3.08. The van der Waals surface area contributed by atoms with Gasteiger partial charge in [-0.15, -0.1) is 0 Å². The van der Waals surface area contributed by atoms with E-state index in [9.17, 15) is 4.79 Å². The highest BCUT2D eigenvalue weighted by molar-refractivity contribution is 5.79. The molecule has 0 unspecified atom stereocenters. The van der Waals surface area contributed by atoms with Gasteiger partial charge in [-0.25, -0.2) is 9.78 Å². The number of aromatic nitrogens is 1. The fourth-order valence-electron chi connectivity index (χ4n) is 1.89. The van der Waals surface area contributed by atoms with Crippen molar-refractivity contribution in [1.29, 1.82) is 0 Å². The van der Waals surface area contributed by atoms with Gasteiger partial charge in [-0.1, -0.05) is 0 Å². The summed E-state index contributed by atoms with van der Waals surface area (Å²) < 4.78 is 10.1. The third kappa shape index (κ3) is 2.55. The average Bonchev–Trinajstić information content (AvgIpc) is 2.37. The molecule has 0 amide bonds. The van der Waals surface area contributed by atoms with E-state index >= 15 is 0 Å². The molecule has 0 aliphatic rings. The van der Waals surface area contributed by atoms with Gasteiger partial charge in [0.25, 0.3) is 0 Å². The minimum Gasteiger partial charge on any atom is -0.496 e. The van der Waals surface area contributed by atoms with Crippen LogP contribution in [0.3, 0.4) is 0 Å². The first-order valence-corrected chi connectivity index (χ1v) is 5.74. The summed E-state index contributed by atoms with van der Waals surface area (Å²) in [5, 5.41) is 0. The number of ether oxygens (including phenoxy) is 2. The Hall–Kier alpha value is -1.78. The van der Waals surface area contributed by atoms with E-state index in [0.29, 0.717) is 0 Å². The smallest absolute Gasteiger partial charge is 0.328 e. The maximum Gasteiger partial charge on any atom is 0.328 e. The lowest BCUT2D eigenvalue weighted by Crippen LogP contribution is -2.37. The molecule has 0 saturated heterocycles. The number of esters is 1. The van der Waals surface area contributed by atoms with E-state index in [1.165, 1.54) is 7.11 Å². The van der Waals surface area contributed by atoms with Crippen LogP contribution in [0.15, 0.2) is 6.20 Å². The summed E-state index contributed by atoms with van der Waals surface area (Å²) in [6, 6.07) is -0.395. The van der Waals surface area contributed by atoms with Crippen LogP contribution in [0.4, 0.5) is 5.82 Å². The molecular weight excluding hydrogens is 232 g/mol. The highest BCUT2D eigenvalue weighted by Gasteiger charge is 2.22. The second kappa shape index (κ2) is 5.71. The number of aryl methyl sites for hydroxylation is 1. The highest BCUT2D eigenvalue weighted by Crippen LogP contribution is 2.29. The van der Waals surface area contributed by atoms with Crippen LogP contribution in [-0.2, 0) is 9.53 Å². The summed E-state index contributed by atoms with van der Waals surface area (Å²) in [6.07, 6.45) is 1.74. The number of rotatable bonds is 4.